The highest BCUT2D eigenvalue weighted by Gasteiger charge is 2.23. The Balaban J connectivity index is 1.62. The first-order chi connectivity index (χ1) is 13.7. The Morgan fingerprint density at radius 3 is 2.82 bits per heavy atom. The minimum Gasteiger partial charge on any atom is -0.493 e. The lowest BCUT2D eigenvalue weighted by Crippen LogP contribution is -2.35. The van der Waals surface area contributed by atoms with Crippen LogP contribution in [0.2, 0.25) is 0 Å². The third kappa shape index (κ3) is 3.48. The molecule has 28 heavy (non-hydrogen) atoms. The second kappa shape index (κ2) is 7.82. The lowest BCUT2D eigenvalue weighted by atomic mass is 10.0. The molecule has 0 bridgehead atoms. The van der Waals surface area contributed by atoms with Crippen LogP contribution in [0, 0.1) is 0 Å². The van der Waals surface area contributed by atoms with E-state index in [2.05, 4.69) is 14.9 Å². The SMILES string of the molecule is COc1cccc(CN2CCc3c(nc(-c4cccnc4)[nH]c3=O)C2)c1OC. The van der Waals surface area contributed by atoms with Gasteiger partial charge in [-0.3, -0.25) is 14.7 Å². The molecule has 0 saturated heterocycles. The van der Waals surface area contributed by atoms with E-state index in [4.69, 9.17) is 14.5 Å². The van der Waals surface area contributed by atoms with Gasteiger partial charge in [-0.1, -0.05) is 12.1 Å². The Kier molecular flexibility index (Phi) is 5.08. The van der Waals surface area contributed by atoms with E-state index in [9.17, 15) is 4.79 Å². The molecule has 1 aliphatic heterocycles. The molecule has 0 radical (unpaired) electrons. The van der Waals surface area contributed by atoms with E-state index in [0.717, 1.165) is 34.7 Å². The molecular formula is C21H22N4O3. The molecule has 1 N–H and O–H groups in total. The second-order valence-electron chi connectivity index (χ2n) is 6.69. The molecule has 0 aliphatic carbocycles. The molecule has 1 aromatic carbocycles. The van der Waals surface area contributed by atoms with E-state index in [1.807, 2.05) is 30.3 Å². The molecule has 7 heteroatoms. The maximum atomic E-state index is 12.5. The zero-order valence-corrected chi connectivity index (χ0v) is 15.9. The lowest BCUT2D eigenvalue weighted by Gasteiger charge is -2.28. The molecule has 0 saturated carbocycles. The number of hydrogen-bond donors (Lipinski definition) is 1. The van der Waals surface area contributed by atoms with Crippen molar-refractivity contribution >= 4 is 0 Å². The summed E-state index contributed by atoms with van der Waals surface area (Å²) in [5.41, 5.74) is 3.36. The van der Waals surface area contributed by atoms with Gasteiger partial charge in [0.25, 0.3) is 5.56 Å². The van der Waals surface area contributed by atoms with E-state index in [-0.39, 0.29) is 5.56 Å². The van der Waals surface area contributed by atoms with Gasteiger partial charge in [0.1, 0.15) is 5.82 Å². The number of para-hydroxylation sites is 1. The van der Waals surface area contributed by atoms with Gasteiger partial charge in [-0.05, 0) is 24.6 Å². The van der Waals surface area contributed by atoms with Crippen LogP contribution < -0.4 is 15.0 Å². The van der Waals surface area contributed by atoms with Crippen LogP contribution in [0.15, 0.2) is 47.5 Å². The molecule has 2 aromatic heterocycles. The number of ether oxygens (including phenoxy) is 2. The third-order valence-corrected chi connectivity index (χ3v) is 4.97. The molecule has 3 aromatic rings. The van der Waals surface area contributed by atoms with Crippen molar-refractivity contribution in [2.75, 3.05) is 20.8 Å². The number of aromatic amines is 1. The van der Waals surface area contributed by atoms with Gasteiger partial charge in [0, 0.05) is 48.7 Å². The summed E-state index contributed by atoms with van der Waals surface area (Å²) in [4.78, 5) is 26.5. The zero-order chi connectivity index (χ0) is 19.5. The van der Waals surface area contributed by atoms with E-state index < -0.39 is 0 Å². The fraction of sp³-hybridized carbons (Fsp3) is 0.286. The Morgan fingerprint density at radius 1 is 1.18 bits per heavy atom. The highest BCUT2D eigenvalue weighted by Crippen LogP contribution is 2.32. The number of aromatic nitrogens is 3. The van der Waals surface area contributed by atoms with Gasteiger partial charge in [0.15, 0.2) is 11.5 Å². The quantitative estimate of drug-likeness (QED) is 0.734. The summed E-state index contributed by atoms with van der Waals surface area (Å²) in [6, 6.07) is 9.59. The number of nitrogens with zero attached hydrogens (tertiary/aromatic N) is 3. The van der Waals surface area contributed by atoms with E-state index >= 15 is 0 Å². The van der Waals surface area contributed by atoms with Crippen molar-refractivity contribution in [3.8, 4) is 22.9 Å². The van der Waals surface area contributed by atoms with E-state index in [1.165, 1.54) is 0 Å². The van der Waals surface area contributed by atoms with Gasteiger partial charge >= 0.3 is 0 Å². The fourth-order valence-corrected chi connectivity index (χ4v) is 3.59. The molecule has 0 amide bonds. The highest BCUT2D eigenvalue weighted by atomic mass is 16.5. The van der Waals surface area contributed by atoms with E-state index in [1.54, 1.807) is 26.6 Å². The molecule has 0 unspecified atom stereocenters. The van der Waals surface area contributed by atoms with Gasteiger partial charge in [-0.25, -0.2) is 4.98 Å². The summed E-state index contributed by atoms with van der Waals surface area (Å²) in [7, 11) is 3.28. The molecule has 4 rings (SSSR count). The van der Waals surface area contributed by atoms with Crippen molar-refractivity contribution in [3.05, 3.63) is 69.9 Å². The Morgan fingerprint density at radius 2 is 2.07 bits per heavy atom. The molecule has 7 nitrogen and oxygen atoms in total. The molecule has 3 heterocycles. The largest absolute Gasteiger partial charge is 0.493 e. The van der Waals surface area contributed by atoms with Crippen molar-refractivity contribution < 1.29 is 9.47 Å². The van der Waals surface area contributed by atoms with Crippen molar-refractivity contribution in [1.29, 1.82) is 0 Å². The number of nitrogens with one attached hydrogen (secondary N) is 1. The maximum Gasteiger partial charge on any atom is 0.254 e. The second-order valence-corrected chi connectivity index (χ2v) is 6.69. The van der Waals surface area contributed by atoms with Crippen LogP contribution in [-0.4, -0.2) is 40.6 Å². The predicted octanol–water partition coefficient (Wildman–Crippen LogP) is 2.41. The van der Waals surface area contributed by atoms with Crippen LogP contribution in [0.4, 0.5) is 0 Å². The Hall–Kier alpha value is -3.19. The van der Waals surface area contributed by atoms with Crippen LogP contribution >= 0.6 is 0 Å². The average Bonchev–Trinajstić information content (AvgIpc) is 2.74. The van der Waals surface area contributed by atoms with Gasteiger partial charge in [0.05, 0.1) is 19.9 Å². The number of rotatable bonds is 5. The number of hydrogen-bond acceptors (Lipinski definition) is 6. The van der Waals surface area contributed by atoms with Crippen molar-refractivity contribution in [2.45, 2.75) is 19.5 Å². The first kappa shape index (κ1) is 18.2. The van der Waals surface area contributed by atoms with Crippen LogP contribution in [0.1, 0.15) is 16.8 Å². The first-order valence-corrected chi connectivity index (χ1v) is 9.14. The summed E-state index contributed by atoms with van der Waals surface area (Å²) >= 11 is 0. The summed E-state index contributed by atoms with van der Waals surface area (Å²) in [6.07, 6.45) is 4.06. The van der Waals surface area contributed by atoms with Gasteiger partial charge < -0.3 is 14.5 Å². The lowest BCUT2D eigenvalue weighted by molar-refractivity contribution is 0.235. The van der Waals surface area contributed by atoms with Crippen LogP contribution in [-0.2, 0) is 19.5 Å². The average molecular weight is 378 g/mol. The third-order valence-electron chi connectivity index (χ3n) is 4.97. The van der Waals surface area contributed by atoms with Gasteiger partial charge in [-0.2, -0.15) is 0 Å². The molecule has 144 valence electrons. The fourth-order valence-electron chi connectivity index (χ4n) is 3.59. The normalized spacial score (nSPS) is 13.8. The molecule has 0 fully saturated rings. The van der Waals surface area contributed by atoms with Crippen LogP contribution in [0.3, 0.4) is 0 Å². The number of methoxy groups -OCH3 is 2. The molecule has 1 aliphatic rings. The van der Waals surface area contributed by atoms with Crippen LogP contribution in [0.5, 0.6) is 11.5 Å². The summed E-state index contributed by atoms with van der Waals surface area (Å²) in [5.74, 6) is 2.01. The maximum absolute atomic E-state index is 12.5. The molecule has 0 atom stereocenters. The van der Waals surface area contributed by atoms with Crippen molar-refractivity contribution in [1.82, 2.24) is 19.9 Å². The molecular weight excluding hydrogens is 356 g/mol. The minimum atomic E-state index is -0.0672. The van der Waals surface area contributed by atoms with Crippen molar-refractivity contribution in [3.63, 3.8) is 0 Å². The summed E-state index contributed by atoms with van der Waals surface area (Å²) in [5, 5.41) is 0. The van der Waals surface area contributed by atoms with Crippen molar-refractivity contribution in [2.24, 2.45) is 0 Å². The monoisotopic (exact) mass is 378 g/mol. The first-order valence-electron chi connectivity index (χ1n) is 9.14. The number of fused-ring (bicyclic) bond motifs is 1. The van der Waals surface area contributed by atoms with Gasteiger partial charge in [0.2, 0.25) is 0 Å². The molecule has 0 spiro atoms. The van der Waals surface area contributed by atoms with Gasteiger partial charge in [-0.15, -0.1) is 0 Å². The topological polar surface area (TPSA) is 80.3 Å². The summed E-state index contributed by atoms with van der Waals surface area (Å²) in [6.45, 7) is 2.08. The minimum absolute atomic E-state index is 0.0672. The standard InChI is InChI=1S/C21H22N4O3/c1-27-18-7-3-5-15(19(18)28-2)12-25-10-8-16-17(13-25)23-20(24-21(16)26)14-6-4-9-22-11-14/h3-7,9,11H,8,10,12-13H2,1-2H3,(H,23,24,26). The number of H-pyrrole nitrogens is 1. The number of benzene rings is 1. The zero-order valence-electron chi connectivity index (χ0n) is 15.9. The van der Waals surface area contributed by atoms with Crippen LogP contribution in [0.25, 0.3) is 11.4 Å². The Bertz CT molecular complexity index is 1030. The smallest absolute Gasteiger partial charge is 0.254 e. The highest BCUT2D eigenvalue weighted by molar-refractivity contribution is 5.53. The van der Waals surface area contributed by atoms with E-state index in [0.29, 0.717) is 31.1 Å². The predicted molar refractivity (Wildman–Crippen MR) is 105 cm³/mol. The Labute approximate surface area is 163 Å². The summed E-state index contributed by atoms with van der Waals surface area (Å²) < 4.78 is 10.9. The number of pyridine rings is 1.